The molecule has 0 aliphatic carbocycles. The molecule has 1 amide bonds. The lowest BCUT2D eigenvalue weighted by Gasteiger charge is -2.20. The molecule has 28 heavy (non-hydrogen) atoms. The molecule has 1 unspecified atom stereocenters. The van der Waals surface area contributed by atoms with Gasteiger partial charge in [-0.05, 0) is 37.6 Å². The number of amides is 1. The van der Waals surface area contributed by atoms with E-state index in [9.17, 15) is 4.79 Å². The highest BCUT2D eigenvalue weighted by Gasteiger charge is 2.23. The van der Waals surface area contributed by atoms with Gasteiger partial charge in [0, 0.05) is 31.9 Å². The van der Waals surface area contributed by atoms with E-state index >= 15 is 0 Å². The van der Waals surface area contributed by atoms with Crippen molar-refractivity contribution in [1.29, 1.82) is 0 Å². The lowest BCUT2D eigenvalue weighted by Crippen LogP contribution is -2.47. The van der Waals surface area contributed by atoms with Gasteiger partial charge in [0.2, 0.25) is 5.91 Å². The van der Waals surface area contributed by atoms with Gasteiger partial charge in [0.1, 0.15) is 5.76 Å². The van der Waals surface area contributed by atoms with Gasteiger partial charge in [0.25, 0.3) is 0 Å². The molecule has 7 nitrogen and oxygen atoms in total. The third-order valence-electron chi connectivity index (χ3n) is 4.61. The van der Waals surface area contributed by atoms with Crippen LogP contribution in [0.5, 0.6) is 0 Å². The van der Waals surface area contributed by atoms with Gasteiger partial charge in [-0.2, -0.15) is 0 Å². The molecule has 1 aliphatic rings. The van der Waals surface area contributed by atoms with Crippen LogP contribution in [0.15, 0.2) is 52.1 Å². The number of guanidine groups is 1. The first-order valence-corrected chi connectivity index (χ1v) is 9.22. The molecule has 8 heteroatoms. The van der Waals surface area contributed by atoms with E-state index < -0.39 is 0 Å². The Bertz CT molecular complexity index is 761. The molecule has 3 rings (SSSR count). The second-order valence-corrected chi connectivity index (χ2v) is 6.69. The van der Waals surface area contributed by atoms with Gasteiger partial charge in [-0.15, -0.1) is 24.0 Å². The van der Waals surface area contributed by atoms with Crippen LogP contribution >= 0.6 is 24.0 Å². The number of carbonyl (C=O) groups is 1. The van der Waals surface area contributed by atoms with Crippen LogP contribution in [-0.2, 0) is 11.3 Å². The van der Waals surface area contributed by atoms with Crippen LogP contribution in [0.25, 0.3) is 0 Å². The number of halogens is 1. The van der Waals surface area contributed by atoms with Crippen molar-refractivity contribution in [1.82, 2.24) is 16.0 Å². The number of carbonyl (C=O) groups excluding carboxylic acids is 1. The Labute approximate surface area is 183 Å². The predicted molar refractivity (Wildman–Crippen MR) is 122 cm³/mol. The van der Waals surface area contributed by atoms with E-state index in [4.69, 9.17) is 4.42 Å². The molecule has 1 aromatic heterocycles. The van der Waals surface area contributed by atoms with Crippen LogP contribution in [-0.4, -0.2) is 44.6 Å². The van der Waals surface area contributed by atoms with Gasteiger partial charge in [-0.25, -0.2) is 0 Å². The summed E-state index contributed by atoms with van der Waals surface area (Å²) in [7, 11) is 1.71. The normalized spacial score (nSPS) is 16.4. The van der Waals surface area contributed by atoms with Crippen molar-refractivity contribution >= 4 is 41.5 Å². The molecule has 3 N–H and O–H groups in total. The monoisotopic (exact) mass is 497 g/mol. The zero-order chi connectivity index (χ0) is 19.1. The summed E-state index contributed by atoms with van der Waals surface area (Å²) in [5.41, 5.74) is 2.51. The van der Waals surface area contributed by atoms with E-state index in [-0.39, 0.29) is 36.4 Å². The fraction of sp³-hybridized carbons (Fsp3) is 0.400. The first-order valence-electron chi connectivity index (χ1n) is 9.22. The van der Waals surface area contributed by atoms with E-state index in [1.54, 1.807) is 19.4 Å². The van der Waals surface area contributed by atoms with Crippen LogP contribution in [0.3, 0.4) is 0 Å². The number of hydrogen-bond acceptors (Lipinski definition) is 4. The van der Waals surface area contributed by atoms with Gasteiger partial charge in [-0.3, -0.25) is 9.79 Å². The minimum atomic E-state index is -0.109. The minimum Gasteiger partial charge on any atom is -0.467 e. The van der Waals surface area contributed by atoms with E-state index in [2.05, 4.69) is 57.0 Å². The fourth-order valence-corrected chi connectivity index (χ4v) is 3.08. The third kappa shape index (κ3) is 6.43. The van der Waals surface area contributed by atoms with E-state index in [0.29, 0.717) is 18.5 Å². The van der Waals surface area contributed by atoms with Crippen LogP contribution in [0.2, 0.25) is 0 Å². The summed E-state index contributed by atoms with van der Waals surface area (Å²) in [5, 5.41) is 9.27. The highest BCUT2D eigenvalue weighted by Crippen LogP contribution is 2.20. The maximum absolute atomic E-state index is 12.0. The van der Waals surface area contributed by atoms with Crippen molar-refractivity contribution < 1.29 is 9.21 Å². The standard InChI is InChI=1S/C20H27N5O2.HI/c1-15-5-7-17(8-6-15)25-10-9-16(14-25)24-20(21-2)23-13-19(26)22-12-18-4-3-11-27-18;/h3-8,11,16H,9-10,12-14H2,1-2H3,(H,22,26)(H2,21,23,24);1H. The van der Waals surface area contributed by atoms with Crippen molar-refractivity contribution in [2.75, 3.05) is 31.6 Å². The van der Waals surface area contributed by atoms with Gasteiger partial charge >= 0.3 is 0 Å². The Morgan fingerprint density at radius 3 is 2.71 bits per heavy atom. The predicted octanol–water partition coefficient (Wildman–Crippen LogP) is 2.27. The van der Waals surface area contributed by atoms with Crippen molar-refractivity contribution in [3.63, 3.8) is 0 Å². The van der Waals surface area contributed by atoms with Crippen molar-refractivity contribution in [2.24, 2.45) is 4.99 Å². The lowest BCUT2D eigenvalue weighted by atomic mass is 10.2. The maximum atomic E-state index is 12.0. The molecule has 1 aromatic carbocycles. The summed E-state index contributed by atoms with van der Waals surface area (Å²) in [6.45, 7) is 4.55. The minimum absolute atomic E-state index is 0. The molecule has 0 saturated carbocycles. The molecule has 0 spiro atoms. The molecular weight excluding hydrogens is 469 g/mol. The van der Waals surface area contributed by atoms with Crippen LogP contribution in [0.1, 0.15) is 17.7 Å². The number of benzene rings is 1. The fourth-order valence-electron chi connectivity index (χ4n) is 3.08. The summed E-state index contributed by atoms with van der Waals surface area (Å²) in [6.07, 6.45) is 2.62. The summed E-state index contributed by atoms with van der Waals surface area (Å²) in [4.78, 5) is 18.5. The largest absolute Gasteiger partial charge is 0.467 e. The van der Waals surface area contributed by atoms with Crippen molar-refractivity contribution in [2.45, 2.75) is 25.9 Å². The zero-order valence-corrected chi connectivity index (χ0v) is 18.6. The van der Waals surface area contributed by atoms with Crippen LogP contribution < -0.4 is 20.9 Å². The Morgan fingerprint density at radius 1 is 1.25 bits per heavy atom. The second kappa shape index (κ2) is 10.9. The summed E-state index contributed by atoms with van der Waals surface area (Å²) >= 11 is 0. The molecule has 1 atom stereocenters. The number of nitrogens with zero attached hydrogens (tertiary/aromatic N) is 2. The topological polar surface area (TPSA) is 81.9 Å². The average molecular weight is 497 g/mol. The quantitative estimate of drug-likeness (QED) is 0.324. The SMILES string of the molecule is CN=C(NCC(=O)NCc1ccco1)NC1CCN(c2ccc(C)cc2)C1.I. The van der Waals surface area contributed by atoms with E-state index in [1.165, 1.54) is 11.3 Å². The molecule has 2 aromatic rings. The molecule has 152 valence electrons. The summed E-state index contributed by atoms with van der Waals surface area (Å²) < 4.78 is 5.20. The Kier molecular flexibility index (Phi) is 8.62. The first kappa shape index (κ1) is 22.1. The number of aryl methyl sites for hydroxylation is 1. The Morgan fingerprint density at radius 2 is 2.04 bits per heavy atom. The Balaban J connectivity index is 0.00000280. The summed E-state index contributed by atoms with van der Waals surface area (Å²) in [5.74, 6) is 1.26. The highest BCUT2D eigenvalue weighted by molar-refractivity contribution is 14.0. The smallest absolute Gasteiger partial charge is 0.239 e. The second-order valence-electron chi connectivity index (χ2n) is 6.69. The van der Waals surface area contributed by atoms with Gasteiger partial charge in [-0.1, -0.05) is 17.7 Å². The number of aliphatic imine (C=N–C) groups is 1. The molecule has 1 fully saturated rings. The molecule has 1 aliphatic heterocycles. The van der Waals surface area contributed by atoms with Crippen molar-refractivity contribution in [3.05, 3.63) is 54.0 Å². The number of furan rings is 1. The average Bonchev–Trinajstić information content (AvgIpc) is 3.36. The number of hydrogen-bond donors (Lipinski definition) is 3. The number of nitrogens with one attached hydrogen (secondary N) is 3. The maximum Gasteiger partial charge on any atom is 0.239 e. The lowest BCUT2D eigenvalue weighted by molar-refractivity contribution is -0.120. The Hall–Kier alpha value is -2.23. The van der Waals surface area contributed by atoms with Crippen LogP contribution in [0, 0.1) is 6.92 Å². The van der Waals surface area contributed by atoms with Gasteiger partial charge < -0.3 is 25.3 Å². The highest BCUT2D eigenvalue weighted by atomic mass is 127. The molecular formula is C20H28IN5O2. The summed E-state index contributed by atoms with van der Waals surface area (Å²) in [6, 6.07) is 12.5. The van der Waals surface area contributed by atoms with Crippen molar-refractivity contribution in [3.8, 4) is 0 Å². The van der Waals surface area contributed by atoms with Crippen LogP contribution in [0.4, 0.5) is 5.69 Å². The number of anilines is 1. The molecule has 2 heterocycles. The number of rotatable bonds is 6. The van der Waals surface area contributed by atoms with Gasteiger partial charge in [0.05, 0.1) is 19.4 Å². The van der Waals surface area contributed by atoms with E-state index in [0.717, 1.165) is 25.3 Å². The van der Waals surface area contributed by atoms with E-state index in [1.807, 2.05) is 6.07 Å². The molecule has 0 bridgehead atoms. The van der Waals surface area contributed by atoms with Gasteiger partial charge in [0.15, 0.2) is 5.96 Å². The molecule has 1 saturated heterocycles. The third-order valence-corrected chi connectivity index (χ3v) is 4.61. The first-order chi connectivity index (χ1) is 13.1. The zero-order valence-electron chi connectivity index (χ0n) is 16.3. The molecule has 0 radical (unpaired) electrons.